The Morgan fingerprint density at radius 2 is 1.80 bits per heavy atom. The highest BCUT2D eigenvalue weighted by Gasteiger charge is 1.99. The Hall–Kier alpha value is -2.59. The van der Waals surface area contributed by atoms with Crippen LogP contribution in [0.25, 0.3) is 11.0 Å². The molecule has 0 aliphatic heterocycles. The number of para-hydroxylation sites is 1. The van der Waals surface area contributed by atoms with Gasteiger partial charge in [0, 0.05) is 23.7 Å². The van der Waals surface area contributed by atoms with Crippen molar-refractivity contribution < 1.29 is 4.42 Å². The second-order valence-electron chi connectivity index (χ2n) is 4.47. The molecule has 1 aromatic heterocycles. The predicted molar refractivity (Wildman–Crippen MR) is 79.4 cm³/mol. The molecule has 0 saturated carbocycles. The molecule has 0 aliphatic carbocycles. The minimum atomic E-state index is -0.325. The molecule has 0 amide bonds. The van der Waals surface area contributed by atoms with Crippen LogP contribution in [-0.4, -0.2) is 0 Å². The van der Waals surface area contributed by atoms with Gasteiger partial charge in [0.15, 0.2) is 0 Å². The van der Waals surface area contributed by atoms with Gasteiger partial charge in [-0.2, -0.15) is 0 Å². The number of nitrogens with one attached hydrogen (secondary N) is 2. The van der Waals surface area contributed by atoms with E-state index in [-0.39, 0.29) is 5.63 Å². The third kappa shape index (κ3) is 2.87. The molecule has 100 valence electrons. The van der Waals surface area contributed by atoms with E-state index < -0.39 is 0 Å². The molecule has 0 unspecified atom stereocenters. The summed E-state index contributed by atoms with van der Waals surface area (Å²) in [7, 11) is 0. The molecule has 0 radical (unpaired) electrons. The Morgan fingerprint density at radius 3 is 2.65 bits per heavy atom. The van der Waals surface area contributed by atoms with Gasteiger partial charge in [-0.3, -0.25) is 0 Å². The number of hydrogen-bond acceptors (Lipinski definition) is 4. The second-order valence-corrected chi connectivity index (χ2v) is 4.47. The van der Waals surface area contributed by atoms with Crippen molar-refractivity contribution >= 4 is 16.7 Å². The van der Waals surface area contributed by atoms with Crippen molar-refractivity contribution in [3.05, 3.63) is 76.6 Å². The predicted octanol–water partition coefficient (Wildman–Crippen LogP) is 2.91. The molecule has 2 N–H and O–H groups in total. The van der Waals surface area contributed by atoms with Crippen LogP contribution in [0, 0.1) is 0 Å². The van der Waals surface area contributed by atoms with E-state index in [1.807, 2.05) is 48.5 Å². The summed E-state index contributed by atoms with van der Waals surface area (Å²) < 4.78 is 5.10. The van der Waals surface area contributed by atoms with Crippen LogP contribution in [0.15, 0.2) is 69.9 Å². The molecule has 0 bridgehead atoms. The number of rotatable bonds is 4. The smallest absolute Gasteiger partial charge is 0.336 e. The molecule has 0 atom stereocenters. The van der Waals surface area contributed by atoms with Crippen LogP contribution in [0.2, 0.25) is 0 Å². The second kappa shape index (κ2) is 5.59. The third-order valence-corrected chi connectivity index (χ3v) is 2.98. The highest BCUT2D eigenvalue weighted by atomic mass is 16.4. The number of anilines is 1. The number of benzene rings is 2. The van der Waals surface area contributed by atoms with E-state index in [4.69, 9.17) is 4.42 Å². The fourth-order valence-electron chi connectivity index (χ4n) is 2.00. The maximum Gasteiger partial charge on any atom is 0.336 e. The Bertz CT molecular complexity index is 766. The zero-order valence-corrected chi connectivity index (χ0v) is 10.8. The average Bonchev–Trinajstić information content (AvgIpc) is 2.48. The summed E-state index contributed by atoms with van der Waals surface area (Å²) in [6.07, 6.45) is 0. The monoisotopic (exact) mass is 266 g/mol. The van der Waals surface area contributed by atoms with Gasteiger partial charge in [0.1, 0.15) is 5.58 Å². The first-order chi connectivity index (χ1) is 9.81. The lowest BCUT2D eigenvalue weighted by Crippen LogP contribution is -2.20. The molecule has 0 saturated heterocycles. The van der Waals surface area contributed by atoms with Crippen LogP contribution >= 0.6 is 0 Å². The van der Waals surface area contributed by atoms with Crippen LogP contribution in [0.5, 0.6) is 0 Å². The summed E-state index contributed by atoms with van der Waals surface area (Å²) in [4.78, 5) is 11.1. The van der Waals surface area contributed by atoms with Crippen LogP contribution in [0.1, 0.15) is 5.56 Å². The van der Waals surface area contributed by atoms with Gasteiger partial charge >= 0.3 is 5.63 Å². The first kappa shape index (κ1) is 12.4. The average molecular weight is 266 g/mol. The van der Waals surface area contributed by atoms with Crippen molar-refractivity contribution in [3.8, 4) is 0 Å². The summed E-state index contributed by atoms with van der Waals surface area (Å²) in [6, 6.07) is 18.9. The fourth-order valence-corrected chi connectivity index (χ4v) is 2.00. The minimum absolute atomic E-state index is 0.325. The van der Waals surface area contributed by atoms with E-state index in [0.717, 1.165) is 16.6 Å². The third-order valence-electron chi connectivity index (χ3n) is 2.98. The topological polar surface area (TPSA) is 54.3 Å². The Balaban J connectivity index is 1.69. The molecule has 3 aromatic rings. The normalized spacial score (nSPS) is 10.6. The molecule has 4 heteroatoms. The molecule has 20 heavy (non-hydrogen) atoms. The summed E-state index contributed by atoms with van der Waals surface area (Å²) in [5.41, 5.74) is 8.68. The summed E-state index contributed by atoms with van der Waals surface area (Å²) >= 11 is 0. The lowest BCUT2D eigenvalue weighted by atomic mass is 10.1. The van der Waals surface area contributed by atoms with Gasteiger partial charge < -0.3 is 9.84 Å². The SMILES string of the molecule is O=c1ccc2cc(CNNc3ccccc3)ccc2o1. The zero-order chi connectivity index (χ0) is 13.8. The highest BCUT2D eigenvalue weighted by molar-refractivity contribution is 5.76. The molecule has 4 nitrogen and oxygen atoms in total. The van der Waals surface area contributed by atoms with Gasteiger partial charge in [-0.1, -0.05) is 24.3 Å². The maximum atomic E-state index is 11.1. The molecule has 1 heterocycles. The van der Waals surface area contributed by atoms with E-state index in [2.05, 4.69) is 10.9 Å². The minimum Gasteiger partial charge on any atom is -0.423 e. The van der Waals surface area contributed by atoms with Gasteiger partial charge in [-0.05, 0) is 35.9 Å². The molecular weight excluding hydrogens is 252 g/mol. The van der Waals surface area contributed by atoms with Gasteiger partial charge in [0.05, 0.1) is 0 Å². The summed E-state index contributed by atoms with van der Waals surface area (Å²) in [5, 5.41) is 0.920. The molecule has 0 fully saturated rings. The van der Waals surface area contributed by atoms with Crippen molar-refractivity contribution in [1.82, 2.24) is 5.43 Å². The van der Waals surface area contributed by atoms with E-state index >= 15 is 0 Å². The van der Waals surface area contributed by atoms with Gasteiger partial charge in [-0.15, -0.1) is 0 Å². The van der Waals surface area contributed by atoms with Crippen molar-refractivity contribution in [1.29, 1.82) is 0 Å². The standard InChI is InChI=1S/C16H14N2O2/c19-16-9-7-13-10-12(6-8-15(13)20-16)11-17-18-14-4-2-1-3-5-14/h1-10,17-18H,11H2. The largest absolute Gasteiger partial charge is 0.423 e. The Morgan fingerprint density at radius 1 is 0.950 bits per heavy atom. The van der Waals surface area contributed by atoms with Crippen LogP contribution in [0.3, 0.4) is 0 Å². The lowest BCUT2D eigenvalue weighted by molar-refractivity contribution is 0.561. The summed E-state index contributed by atoms with van der Waals surface area (Å²) in [6.45, 7) is 0.671. The van der Waals surface area contributed by atoms with Gasteiger partial charge in [-0.25, -0.2) is 10.2 Å². The van der Waals surface area contributed by atoms with Gasteiger partial charge in [0.25, 0.3) is 0 Å². The quantitative estimate of drug-likeness (QED) is 0.563. The molecule has 3 rings (SSSR count). The van der Waals surface area contributed by atoms with Crippen molar-refractivity contribution in [2.45, 2.75) is 6.54 Å². The Labute approximate surface area is 116 Å². The van der Waals surface area contributed by atoms with Crippen LogP contribution < -0.4 is 16.5 Å². The van der Waals surface area contributed by atoms with Crippen molar-refractivity contribution in [3.63, 3.8) is 0 Å². The van der Waals surface area contributed by atoms with Crippen molar-refractivity contribution in [2.75, 3.05) is 5.43 Å². The Kier molecular flexibility index (Phi) is 3.48. The molecule has 0 spiro atoms. The molecule has 0 aliphatic rings. The first-order valence-corrected chi connectivity index (χ1v) is 6.38. The van der Waals surface area contributed by atoms with E-state index in [1.54, 1.807) is 6.07 Å². The number of fused-ring (bicyclic) bond motifs is 1. The maximum absolute atomic E-state index is 11.1. The lowest BCUT2D eigenvalue weighted by Gasteiger charge is -2.08. The number of hydrogen-bond donors (Lipinski definition) is 2. The van der Waals surface area contributed by atoms with E-state index in [1.165, 1.54) is 6.07 Å². The van der Waals surface area contributed by atoms with Crippen LogP contribution in [0.4, 0.5) is 5.69 Å². The van der Waals surface area contributed by atoms with E-state index in [9.17, 15) is 4.79 Å². The molecule has 2 aromatic carbocycles. The highest BCUT2D eigenvalue weighted by Crippen LogP contribution is 2.14. The fraction of sp³-hybridized carbons (Fsp3) is 0.0625. The molecular formula is C16H14N2O2. The van der Waals surface area contributed by atoms with Gasteiger partial charge in [0.2, 0.25) is 0 Å². The van der Waals surface area contributed by atoms with E-state index in [0.29, 0.717) is 12.1 Å². The van der Waals surface area contributed by atoms with Crippen LogP contribution in [-0.2, 0) is 6.54 Å². The summed E-state index contributed by atoms with van der Waals surface area (Å²) in [5.74, 6) is 0. The zero-order valence-electron chi connectivity index (χ0n) is 10.8. The first-order valence-electron chi connectivity index (χ1n) is 6.38. The number of hydrazine groups is 1. The van der Waals surface area contributed by atoms with Crippen molar-refractivity contribution in [2.24, 2.45) is 0 Å².